The Labute approximate surface area is 123 Å². The summed E-state index contributed by atoms with van der Waals surface area (Å²) in [7, 11) is 0. The molecule has 21 heavy (non-hydrogen) atoms. The highest BCUT2D eigenvalue weighted by Crippen LogP contribution is 2.35. The molecule has 0 radical (unpaired) electrons. The molecule has 1 aromatic rings. The second kappa shape index (κ2) is 6.47. The molecular weight excluding hydrogens is 272 g/mol. The van der Waals surface area contributed by atoms with Crippen molar-refractivity contribution in [1.82, 2.24) is 0 Å². The van der Waals surface area contributed by atoms with Crippen LogP contribution in [0.5, 0.6) is 5.75 Å². The Morgan fingerprint density at radius 2 is 2.24 bits per heavy atom. The number of anilines is 2. The zero-order valence-electron chi connectivity index (χ0n) is 12.3. The first-order valence-electron chi connectivity index (χ1n) is 7.06. The van der Waals surface area contributed by atoms with Gasteiger partial charge in [0.05, 0.1) is 12.3 Å². The number of ether oxygens (including phenoxy) is 2. The van der Waals surface area contributed by atoms with Gasteiger partial charge in [-0.25, -0.2) is 0 Å². The van der Waals surface area contributed by atoms with Gasteiger partial charge in [0.15, 0.2) is 6.10 Å². The molecule has 1 aliphatic heterocycles. The summed E-state index contributed by atoms with van der Waals surface area (Å²) in [5, 5.41) is 0. The van der Waals surface area contributed by atoms with Crippen molar-refractivity contribution >= 4 is 23.3 Å². The third kappa shape index (κ3) is 3.45. The molecule has 0 fully saturated rings. The highest BCUT2D eigenvalue weighted by molar-refractivity contribution is 6.03. The molecule has 6 heteroatoms. The first kappa shape index (κ1) is 15.2. The van der Waals surface area contributed by atoms with E-state index in [1.807, 2.05) is 6.92 Å². The van der Waals surface area contributed by atoms with Gasteiger partial charge in [-0.3, -0.25) is 14.5 Å². The number of hydrogen-bond donors (Lipinski definition) is 1. The number of fused-ring (bicyclic) bond motifs is 1. The highest BCUT2D eigenvalue weighted by atomic mass is 16.5. The quantitative estimate of drug-likeness (QED) is 0.507. The van der Waals surface area contributed by atoms with E-state index in [4.69, 9.17) is 15.2 Å². The van der Waals surface area contributed by atoms with Crippen LogP contribution in [0.1, 0.15) is 26.7 Å². The van der Waals surface area contributed by atoms with Crippen molar-refractivity contribution in [2.45, 2.75) is 32.8 Å². The maximum atomic E-state index is 12.2. The lowest BCUT2D eigenvalue weighted by Gasteiger charge is -2.32. The van der Waals surface area contributed by atoms with Crippen molar-refractivity contribution in [3.8, 4) is 5.75 Å². The number of carbonyl (C=O) groups excluding carboxylic acids is 2. The van der Waals surface area contributed by atoms with E-state index in [-0.39, 0.29) is 12.5 Å². The lowest BCUT2D eigenvalue weighted by Crippen LogP contribution is -2.47. The SMILES string of the molecule is CCCCOC(=O)CN1C(=O)C(C)Oc2cc(N)ccc21. The molecule has 2 rings (SSSR count). The van der Waals surface area contributed by atoms with Gasteiger partial charge < -0.3 is 15.2 Å². The number of nitrogens with two attached hydrogens (primary N) is 1. The number of unbranched alkanes of at least 4 members (excludes halogenated alkanes) is 1. The largest absolute Gasteiger partial charge is 0.479 e. The number of esters is 1. The van der Waals surface area contributed by atoms with Crippen molar-refractivity contribution < 1.29 is 19.1 Å². The zero-order chi connectivity index (χ0) is 15.4. The van der Waals surface area contributed by atoms with E-state index < -0.39 is 12.1 Å². The molecule has 1 heterocycles. The topological polar surface area (TPSA) is 81.9 Å². The summed E-state index contributed by atoms with van der Waals surface area (Å²) >= 11 is 0. The van der Waals surface area contributed by atoms with E-state index in [2.05, 4.69) is 0 Å². The fourth-order valence-electron chi connectivity index (χ4n) is 2.10. The third-order valence-electron chi connectivity index (χ3n) is 3.24. The van der Waals surface area contributed by atoms with E-state index in [9.17, 15) is 9.59 Å². The van der Waals surface area contributed by atoms with Crippen LogP contribution < -0.4 is 15.4 Å². The molecule has 114 valence electrons. The number of carbonyl (C=O) groups is 2. The maximum Gasteiger partial charge on any atom is 0.326 e. The Bertz CT molecular complexity index is 544. The zero-order valence-corrected chi connectivity index (χ0v) is 12.3. The van der Waals surface area contributed by atoms with Gasteiger partial charge in [0, 0.05) is 11.8 Å². The van der Waals surface area contributed by atoms with E-state index in [1.165, 1.54) is 4.90 Å². The summed E-state index contributed by atoms with van der Waals surface area (Å²) in [5.41, 5.74) is 6.80. The van der Waals surface area contributed by atoms with Crippen LogP contribution in [0.3, 0.4) is 0 Å². The standard InChI is InChI=1S/C15H20N2O4/c1-3-4-7-20-14(18)9-17-12-6-5-11(16)8-13(12)21-10(2)15(17)19/h5-6,8,10H,3-4,7,9,16H2,1-2H3. The average molecular weight is 292 g/mol. The second-order valence-electron chi connectivity index (χ2n) is 4.99. The van der Waals surface area contributed by atoms with Crippen LogP contribution in [0.25, 0.3) is 0 Å². The van der Waals surface area contributed by atoms with Gasteiger partial charge >= 0.3 is 5.97 Å². The molecule has 0 bridgehead atoms. The number of hydrogen-bond acceptors (Lipinski definition) is 5. The minimum Gasteiger partial charge on any atom is -0.479 e. The van der Waals surface area contributed by atoms with Crippen molar-refractivity contribution in [2.75, 3.05) is 23.8 Å². The molecule has 0 saturated heterocycles. The summed E-state index contributed by atoms with van der Waals surface area (Å²) in [6.07, 6.45) is 1.11. The molecule has 1 aromatic carbocycles. The number of rotatable bonds is 5. The molecule has 0 spiro atoms. The molecular formula is C15H20N2O4. The summed E-state index contributed by atoms with van der Waals surface area (Å²) in [6, 6.07) is 4.99. The summed E-state index contributed by atoms with van der Waals surface area (Å²) in [6.45, 7) is 3.91. The van der Waals surface area contributed by atoms with Crippen molar-refractivity contribution in [2.24, 2.45) is 0 Å². The lowest BCUT2D eigenvalue weighted by atomic mass is 10.1. The normalized spacial score (nSPS) is 17.1. The molecule has 0 aliphatic carbocycles. The molecule has 1 atom stereocenters. The molecule has 1 aliphatic rings. The average Bonchev–Trinajstić information content (AvgIpc) is 2.44. The predicted molar refractivity (Wildman–Crippen MR) is 79.2 cm³/mol. The van der Waals surface area contributed by atoms with Crippen LogP contribution >= 0.6 is 0 Å². The van der Waals surface area contributed by atoms with E-state index in [0.717, 1.165) is 12.8 Å². The van der Waals surface area contributed by atoms with Gasteiger partial charge in [-0.2, -0.15) is 0 Å². The molecule has 1 amide bonds. The van der Waals surface area contributed by atoms with Crippen LogP contribution in [0, 0.1) is 0 Å². The van der Waals surface area contributed by atoms with Gasteiger partial charge in [-0.05, 0) is 25.5 Å². The van der Waals surface area contributed by atoms with Crippen LogP contribution in [-0.4, -0.2) is 31.1 Å². The first-order valence-corrected chi connectivity index (χ1v) is 7.06. The molecule has 6 nitrogen and oxygen atoms in total. The Hall–Kier alpha value is -2.24. The summed E-state index contributed by atoms with van der Waals surface area (Å²) in [5.74, 6) is -0.183. The van der Waals surface area contributed by atoms with Gasteiger partial charge in [0.25, 0.3) is 5.91 Å². The van der Waals surface area contributed by atoms with Crippen molar-refractivity contribution in [1.29, 1.82) is 0 Å². The summed E-state index contributed by atoms with van der Waals surface area (Å²) in [4.78, 5) is 25.4. The second-order valence-corrected chi connectivity index (χ2v) is 4.99. The minimum atomic E-state index is -0.650. The van der Waals surface area contributed by atoms with Crippen LogP contribution in [-0.2, 0) is 14.3 Å². The Morgan fingerprint density at radius 1 is 1.48 bits per heavy atom. The fraction of sp³-hybridized carbons (Fsp3) is 0.467. The lowest BCUT2D eigenvalue weighted by molar-refractivity contribution is -0.143. The molecule has 0 aromatic heterocycles. The van der Waals surface area contributed by atoms with E-state index in [0.29, 0.717) is 23.7 Å². The summed E-state index contributed by atoms with van der Waals surface area (Å²) < 4.78 is 10.6. The predicted octanol–water partition coefficient (Wildman–Crippen LogP) is 1.73. The van der Waals surface area contributed by atoms with E-state index >= 15 is 0 Å². The molecule has 0 saturated carbocycles. The number of amides is 1. The molecule has 2 N–H and O–H groups in total. The van der Waals surface area contributed by atoms with Crippen molar-refractivity contribution in [3.63, 3.8) is 0 Å². The fourth-order valence-corrected chi connectivity index (χ4v) is 2.10. The van der Waals surface area contributed by atoms with Gasteiger partial charge in [-0.1, -0.05) is 13.3 Å². The van der Waals surface area contributed by atoms with Crippen molar-refractivity contribution in [3.05, 3.63) is 18.2 Å². The minimum absolute atomic E-state index is 0.118. The monoisotopic (exact) mass is 292 g/mol. The smallest absolute Gasteiger partial charge is 0.326 e. The first-order chi connectivity index (χ1) is 10.0. The van der Waals surface area contributed by atoms with Crippen LogP contribution in [0.2, 0.25) is 0 Å². The highest BCUT2D eigenvalue weighted by Gasteiger charge is 2.33. The van der Waals surface area contributed by atoms with E-state index in [1.54, 1.807) is 25.1 Å². The Kier molecular flexibility index (Phi) is 4.67. The van der Waals surface area contributed by atoms with Gasteiger partial charge in [0.2, 0.25) is 0 Å². The third-order valence-corrected chi connectivity index (χ3v) is 3.24. The number of nitrogens with zero attached hydrogens (tertiary/aromatic N) is 1. The Balaban J connectivity index is 2.14. The van der Waals surface area contributed by atoms with Crippen LogP contribution in [0.15, 0.2) is 18.2 Å². The number of nitrogen functional groups attached to an aromatic ring is 1. The number of benzene rings is 1. The van der Waals surface area contributed by atoms with Gasteiger partial charge in [-0.15, -0.1) is 0 Å². The molecule has 1 unspecified atom stereocenters. The van der Waals surface area contributed by atoms with Crippen LogP contribution in [0.4, 0.5) is 11.4 Å². The van der Waals surface area contributed by atoms with Gasteiger partial charge in [0.1, 0.15) is 12.3 Å². The Morgan fingerprint density at radius 3 is 2.95 bits per heavy atom. The maximum absolute atomic E-state index is 12.2.